The van der Waals surface area contributed by atoms with Crippen molar-refractivity contribution in [2.45, 2.75) is 58.2 Å². The fourth-order valence-corrected chi connectivity index (χ4v) is 3.51. The number of imide groups is 1. The maximum Gasteiger partial charge on any atom is 0.407 e. The molecule has 0 bridgehead atoms. The molecular weight excluding hydrogens is 404 g/mol. The molecule has 0 spiro atoms. The van der Waals surface area contributed by atoms with Gasteiger partial charge in [0, 0.05) is 42.7 Å². The van der Waals surface area contributed by atoms with Gasteiger partial charge in [-0.15, -0.1) is 0 Å². The molecule has 2 heterocycles. The van der Waals surface area contributed by atoms with Gasteiger partial charge >= 0.3 is 6.09 Å². The molecule has 1 atom stereocenters. The molecule has 166 valence electrons. The molecule has 1 aromatic carbocycles. The number of ether oxygens (including phenoxy) is 1. The van der Waals surface area contributed by atoms with Gasteiger partial charge in [-0.3, -0.25) is 24.5 Å². The number of hydrogen-bond acceptors (Lipinski definition) is 6. The first-order chi connectivity index (χ1) is 14.5. The van der Waals surface area contributed by atoms with Gasteiger partial charge in [-0.1, -0.05) is 6.07 Å². The summed E-state index contributed by atoms with van der Waals surface area (Å²) < 4.78 is 5.12. The van der Waals surface area contributed by atoms with Gasteiger partial charge in [0.1, 0.15) is 11.6 Å². The van der Waals surface area contributed by atoms with Crippen molar-refractivity contribution in [3.8, 4) is 0 Å². The number of carbonyl (C=O) groups excluding carboxylic acids is 5. The smallest absolute Gasteiger partial charge is 0.407 e. The summed E-state index contributed by atoms with van der Waals surface area (Å²) >= 11 is 0. The van der Waals surface area contributed by atoms with Gasteiger partial charge in [0.2, 0.25) is 17.7 Å². The third kappa shape index (κ3) is 5.39. The number of benzene rings is 1. The predicted molar refractivity (Wildman–Crippen MR) is 110 cm³/mol. The number of anilines is 1. The van der Waals surface area contributed by atoms with E-state index in [1.165, 1.54) is 4.90 Å². The SMILES string of the molecule is CC(C)(C)OC(=O)NCCC(=O)Nc1cccc2c1CN(C1CCC(=O)NC1=O)C2=O. The minimum atomic E-state index is -0.723. The van der Waals surface area contributed by atoms with Gasteiger partial charge in [0.15, 0.2) is 0 Å². The molecule has 0 aliphatic carbocycles. The quantitative estimate of drug-likeness (QED) is 0.603. The van der Waals surface area contributed by atoms with Crippen molar-refractivity contribution in [3.05, 3.63) is 29.3 Å². The first-order valence-corrected chi connectivity index (χ1v) is 10.1. The summed E-state index contributed by atoms with van der Waals surface area (Å²) in [6.07, 6.45) is -0.146. The van der Waals surface area contributed by atoms with E-state index in [0.717, 1.165) is 0 Å². The second-order valence-electron chi connectivity index (χ2n) is 8.46. The van der Waals surface area contributed by atoms with Crippen molar-refractivity contribution in [1.82, 2.24) is 15.5 Å². The Morgan fingerprint density at radius 1 is 1.23 bits per heavy atom. The molecule has 3 N–H and O–H groups in total. The van der Waals surface area contributed by atoms with Crippen LogP contribution >= 0.6 is 0 Å². The average molecular weight is 430 g/mol. The Kier molecular flexibility index (Phi) is 6.28. The zero-order valence-corrected chi connectivity index (χ0v) is 17.7. The molecular formula is C21H26N4O6. The Balaban J connectivity index is 1.60. The second kappa shape index (κ2) is 8.75. The molecule has 1 fully saturated rings. The number of hydrogen-bond donors (Lipinski definition) is 3. The monoisotopic (exact) mass is 430 g/mol. The summed E-state index contributed by atoms with van der Waals surface area (Å²) in [6, 6.07) is 4.25. The highest BCUT2D eigenvalue weighted by Gasteiger charge is 2.39. The van der Waals surface area contributed by atoms with E-state index in [0.29, 0.717) is 16.8 Å². The van der Waals surface area contributed by atoms with E-state index < -0.39 is 23.6 Å². The fourth-order valence-electron chi connectivity index (χ4n) is 3.51. The van der Waals surface area contributed by atoms with E-state index in [1.807, 2.05) is 0 Å². The number of rotatable bonds is 5. The Morgan fingerprint density at radius 3 is 2.65 bits per heavy atom. The summed E-state index contributed by atoms with van der Waals surface area (Å²) in [5.74, 6) is -1.49. The molecule has 1 unspecified atom stereocenters. The van der Waals surface area contributed by atoms with E-state index in [9.17, 15) is 24.0 Å². The molecule has 10 nitrogen and oxygen atoms in total. The maximum atomic E-state index is 12.8. The second-order valence-corrected chi connectivity index (χ2v) is 8.46. The van der Waals surface area contributed by atoms with Crippen LogP contribution in [0.25, 0.3) is 0 Å². The normalized spacial score (nSPS) is 18.4. The van der Waals surface area contributed by atoms with Crippen LogP contribution in [0.2, 0.25) is 0 Å². The van der Waals surface area contributed by atoms with E-state index in [-0.39, 0.29) is 50.1 Å². The van der Waals surface area contributed by atoms with Gasteiger partial charge < -0.3 is 20.3 Å². The lowest BCUT2D eigenvalue weighted by atomic mass is 10.0. The third-order valence-corrected chi connectivity index (χ3v) is 4.88. The largest absolute Gasteiger partial charge is 0.444 e. The lowest BCUT2D eigenvalue weighted by Crippen LogP contribution is -2.52. The van der Waals surface area contributed by atoms with Gasteiger partial charge in [-0.25, -0.2) is 4.79 Å². The molecule has 0 radical (unpaired) electrons. The van der Waals surface area contributed by atoms with Crippen LogP contribution in [0.1, 0.15) is 56.0 Å². The molecule has 0 aromatic heterocycles. The highest BCUT2D eigenvalue weighted by molar-refractivity contribution is 6.06. The topological polar surface area (TPSA) is 134 Å². The number of amides is 5. The molecule has 31 heavy (non-hydrogen) atoms. The van der Waals surface area contributed by atoms with Gasteiger partial charge in [-0.2, -0.15) is 0 Å². The zero-order chi connectivity index (χ0) is 22.8. The van der Waals surface area contributed by atoms with Crippen molar-refractivity contribution >= 4 is 35.4 Å². The molecule has 10 heteroatoms. The lowest BCUT2D eigenvalue weighted by molar-refractivity contribution is -0.137. The Bertz CT molecular complexity index is 936. The summed E-state index contributed by atoms with van der Waals surface area (Å²) in [4.78, 5) is 61.8. The third-order valence-electron chi connectivity index (χ3n) is 4.88. The van der Waals surface area contributed by atoms with Crippen LogP contribution in [-0.2, 0) is 25.7 Å². The van der Waals surface area contributed by atoms with Crippen molar-refractivity contribution in [2.75, 3.05) is 11.9 Å². The van der Waals surface area contributed by atoms with Crippen LogP contribution in [0.4, 0.5) is 10.5 Å². The van der Waals surface area contributed by atoms with Gasteiger partial charge in [-0.05, 0) is 39.3 Å². The summed E-state index contributed by atoms with van der Waals surface area (Å²) in [5.41, 5.74) is 0.876. The van der Waals surface area contributed by atoms with Crippen molar-refractivity contribution in [3.63, 3.8) is 0 Å². The Labute approximate surface area is 179 Å². The van der Waals surface area contributed by atoms with E-state index in [2.05, 4.69) is 16.0 Å². The summed E-state index contributed by atoms with van der Waals surface area (Å²) in [6.45, 7) is 5.49. The van der Waals surface area contributed by atoms with Crippen molar-refractivity contribution in [2.24, 2.45) is 0 Å². The van der Waals surface area contributed by atoms with Crippen LogP contribution in [0.15, 0.2) is 18.2 Å². The van der Waals surface area contributed by atoms with Gasteiger partial charge in [0.05, 0.1) is 0 Å². The summed E-state index contributed by atoms with van der Waals surface area (Å²) in [5, 5.41) is 7.54. The molecule has 1 aromatic rings. The minimum absolute atomic E-state index is 0.0215. The number of piperidine rings is 1. The highest BCUT2D eigenvalue weighted by Crippen LogP contribution is 2.32. The molecule has 0 saturated carbocycles. The fraction of sp³-hybridized carbons (Fsp3) is 0.476. The number of nitrogens with one attached hydrogen (secondary N) is 3. The highest BCUT2D eigenvalue weighted by atomic mass is 16.6. The summed E-state index contributed by atoms with van der Waals surface area (Å²) in [7, 11) is 0. The Morgan fingerprint density at radius 2 is 1.97 bits per heavy atom. The standard InChI is InChI=1S/C21H26N4O6/c1-21(2,3)31-20(30)22-10-9-17(27)23-14-6-4-5-12-13(14)11-25(19(12)29)15-7-8-16(26)24-18(15)28/h4-6,15H,7-11H2,1-3H3,(H,22,30)(H,23,27)(H,24,26,28). The zero-order valence-electron chi connectivity index (χ0n) is 17.7. The van der Waals surface area contributed by atoms with Crippen molar-refractivity contribution < 1.29 is 28.7 Å². The number of fused-ring (bicyclic) bond motifs is 1. The maximum absolute atomic E-state index is 12.8. The predicted octanol–water partition coefficient (Wildman–Crippen LogP) is 1.30. The van der Waals surface area contributed by atoms with Crippen LogP contribution in [0.5, 0.6) is 0 Å². The van der Waals surface area contributed by atoms with E-state index in [4.69, 9.17) is 4.74 Å². The number of nitrogens with zero attached hydrogens (tertiary/aromatic N) is 1. The van der Waals surface area contributed by atoms with Crippen molar-refractivity contribution in [1.29, 1.82) is 0 Å². The van der Waals surface area contributed by atoms with Gasteiger partial charge in [0.25, 0.3) is 5.91 Å². The molecule has 2 aliphatic rings. The number of alkyl carbamates (subject to hydrolysis) is 1. The number of carbonyl (C=O) groups is 5. The lowest BCUT2D eigenvalue weighted by Gasteiger charge is -2.29. The molecule has 5 amide bonds. The van der Waals surface area contributed by atoms with Crippen LogP contribution in [0, 0.1) is 0 Å². The minimum Gasteiger partial charge on any atom is -0.444 e. The molecule has 3 rings (SSSR count). The Hall–Kier alpha value is -3.43. The van der Waals surface area contributed by atoms with Crippen LogP contribution < -0.4 is 16.0 Å². The van der Waals surface area contributed by atoms with E-state index >= 15 is 0 Å². The van der Waals surface area contributed by atoms with Crippen LogP contribution in [0.3, 0.4) is 0 Å². The molecule has 1 saturated heterocycles. The average Bonchev–Trinajstić information content (AvgIpc) is 2.98. The first kappa shape index (κ1) is 22.3. The molecule has 2 aliphatic heterocycles. The van der Waals surface area contributed by atoms with E-state index in [1.54, 1.807) is 39.0 Å². The van der Waals surface area contributed by atoms with Crippen LogP contribution in [-0.4, -0.2) is 52.8 Å². The first-order valence-electron chi connectivity index (χ1n) is 10.1.